The fourth-order valence-corrected chi connectivity index (χ4v) is 1.78. The monoisotopic (exact) mass is 291 g/mol. The van der Waals surface area contributed by atoms with Gasteiger partial charge >= 0.3 is 0 Å². The maximum atomic E-state index is 12.2. The molecule has 4 N–H and O–H groups in total. The molecule has 0 aliphatic rings. The van der Waals surface area contributed by atoms with Crippen LogP contribution in [0.15, 0.2) is 24.3 Å². The number of anilines is 1. The molecule has 2 atom stereocenters. The van der Waals surface area contributed by atoms with Gasteiger partial charge in [0.15, 0.2) is 0 Å². The molecule has 5 heteroatoms. The van der Waals surface area contributed by atoms with Gasteiger partial charge in [-0.2, -0.15) is 0 Å². The molecule has 1 aromatic carbocycles. The van der Waals surface area contributed by atoms with Crippen LogP contribution in [0, 0.1) is 0 Å². The molecule has 0 aliphatic carbocycles. The van der Waals surface area contributed by atoms with Gasteiger partial charge in [0.25, 0.3) is 5.91 Å². The van der Waals surface area contributed by atoms with Crippen LogP contribution in [0.4, 0.5) is 5.69 Å². The van der Waals surface area contributed by atoms with E-state index in [0.29, 0.717) is 11.3 Å². The summed E-state index contributed by atoms with van der Waals surface area (Å²) in [6.45, 7) is 5.88. The molecule has 0 saturated heterocycles. The summed E-state index contributed by atoms with van der Waals surface area (Å²) >= 11 is 0. The first kappa shape index (κ1) is 17.2. The third-order valence-corrected chi connectivity index (χ3v) is 3.41. The summed E-state index contributed by atoms with van der Waals surface area (Å²) in [5, 5.41) is 5.66. The highest BCUT2D eigenvalue weighted by Crippen LogP contribution is 2.16. The van der Waals surface area contributed by atoms with Crippen LogP contribution < -0.4 is 16.4 Å². The van der Waals surface area contributed by atoms with Crippen LogP contribution in [-0.2, 0) is 4.79 Å². The first-order chi connectivity index (χ1) is 9.97. The number of nitrogens with two attached hydrogens (primary N) is 1. The first-order valence-corrected chi connectivity index (χ1v) is 7.43. The van der Waals surface area contributed by atoms with Crippen molar-refractivity contribution < 1.29 is 9.59 Å². The molecule has 116 valence electrons. The van der Waals surface area contributed by atoms with Gasteiger partial charge in [-0.3, -0.25) is 9.59 Å². The lowest BCUT2D eigenvalue weighted by Gasteiger charge is -2.15. The van der Waals surface area contributed by atoms with E-state index < -0.39 is 0 Å². The predicted octanol–water partition coefficient (Wildman–Crippen LogP) is 2.28. The first-order valence-electron chi connectivity index (χ1n) is 7.43. The SMILES string of the molecule is CCC(N)CC(=O)Nc1ccccc1C(=O)NC(C)CC. The zero-order valence-electron chi connectivity index (χ0n) is 13.0. The molecule has 0 heterocycles. The molecule has 0 radical (unpaired) electrons. The van der Waals surface area contributed by atoms with Crippen LogP contribution >= 0.6 is 0 Å². The smallest absolute Gasteiger partial charge is 0.253 e. The summed E-state index contributed by atoms with van der Waals surface area (Å²) in [6, 6.07) is 6.92. The van der Waals surface area contributed by atoms with Crippen molar-refractivity contribution in [3.8, 4) is 0 Å². The summed E-state index contributed by atoms with van der Waals surface area (Å²) in [6.07, 6.45) is 1.84. The van der Waals surface area contributed by atoms with Gasteiger partial charge in [-0.15, -0.1) is 0 Å². The maximum Gasteiger partial charge on any atom is 0.253 e. The van der Waals surface area contributed by atoms with Gasteiger partial charge in [-0.05, 0) is 31.9 Å². The highest BCUT2D eigenvalue weighted by Gasteiger charge is 2.15. The predicted molar refractivity (Wildman–Crippen MR) is 85.2 cm³/mol. The van der Waals surface area contributed by atoms with E-state index in [1.165, 1.54) is 0 Å². The van der Waals surface area contributed by atoms with Crippen LogP contribution in [0.25, 0.3) is 0 Å². The summed E-state index contributed by atoms with van der Waals surface area (Å²) in [7, 11) is 0. The normalized spacial score (nSPS) is 13.3. The fraction of sp³-hybridized carbons (Fsp3) is 0.500. The van der Waals surface area contributed by atoms with Crippen LogP contribution in [0.5, 0.6) is 0 Å². The second-order valence-corrected chi connectivity index (χ2v) is 5.25. The standard InChI is InChI=1S/C16H25N3O2/c1-4-11(3)18-16(21)13-8-6-7-9-14(13)19-15(20)10-12(17)5-2/h6-9,11-12H,4-5,10,17H2,1-3H3,(H,18,21)(H,19,20). The number of para-hydroxylation sites is 1. The molecule has 1 aromatic rings. The number of carbonyl (C=O) groups is 2. The summed E-state index contributed by atoms with van der Waals surface area (Å²) in [5.41, 5.74) is 6.76. The highest BCUT2D eigenvalue weighted by molar-refractivity contribution is 6.03. The minimum Gasteiger partial charge on any atom is -0.350 e. The molecule has 0 bridgehead atoms. The third kappa shape index (κ3) is 5.55. The quantitative estimate of drug-likeness (QED) is 0.720. The van der Waals surface area contributed by atoms with Crippen molar-refractivity contribution in [2.24, 2.45) is 5.73 Å². The molecule has 5 nitrogen and oxygen atoms in total. The second kappa shape index (κ2) is 8.42. The zero-order valence-corrected chi connectivity index (χ0v) is 13.0. The van der Waals surface area contributed by atoms with Crippen LogP contribution in [0.3, 0.4) is 0 Å². The van der Waals surface area contributed by atoms with E-state index >= 15 is 0 Å². The molecule has 21 heavy (non-hydrogen) atoms. The Balaban J connectivity index is 2.79. The van der Waals surface area contributed by atoms with E-state index in [0.717, 1.165) is 12.8 Å². The van der Waals surface area contributed by atoms with E-state index in [4.69, 9.17) is 5.73 Å². The fourth-order valence-electron chi connectivity index (χ4n) is 1.78. The molecule has 0 saturated carbocycles. The van der Waals surface area contributed by atoms with Crippen molar-refractivity contribution in [2.45, 2.75) is 52.1 Å². The molecule has 0 fully saturated rings. The van der Waals surface area contributed by atoms with Crippen molar-refractivity contribution in [3.05, 3.63) is 29.8 Å². The Labute approximate surface area is 126 Å². The molecule has 1 rings (SSSR count). The van der Waals surface area contributed by atoms with Gasteiger partial charge in [0, 0.05) is 18.5 Å². The average Bonchev–Trinajstić information content (AvgIpc) is 2.47. The van der Waals surface area contributed by atoms with E-state index in [-0.39, 0.29) is 30.3 Å². The van der Waals surface area contributed by atoms with E-state index in [9.17, 15) is 9.59 Å². The Morgan fingerprint density at radius 3 is 2.48 bits per heavy atom. The molecule has 0 aliphatic heterocycles. The van der Waals surface area contributed by atoms with Gasteiger partial charge in [-0.1, -0.05) is 26.0 Å². The van der Waals surface area contributed by atoms with E-state index in [1.807, 2.05) is 20.8 Å². The second-order valence-electron chi connectivity index (χ2n) is 5.25. The summed E-state index contributed by atoms with van der Waals surface area (Å²) in [4.78, 5) is 24.1. The summed E-state index contributed by atoms with van der Waals surface area (Å²) in [5.74, 6) is -0.354. The third-order valence-electron chi connectivity index (χ3n) is 3.41. The average molecular weight is 291 g/mol. The van der Waals surface area contributed by atoms with Crippen molar-refractivity contribution in [3.63, 3.8) is 0 Å². The molecular formula is C16H25N3O2. The Hall–Kier alpha value is -1.88. The Morgan fingerprint density at radius 2 is 1.86 bits per heavy atom. The number of hydrogen-bond acceptors (Lipinski definition) is 3. The number of carbonyl (C=O) groups excluding carboxylic acids is 2. The van der Waals surface area contributed by atoms with E-state index in [2.05, 4.69) is 10.6 Å². The zero-order chi connectivity index (χ0) is 15.8. The molecule has 2 amide bonds. The highest BCUT2D eigenvalue weighted by atomic mass is 16.2. The lowest BCUT2D eigenvalue weighted by molar-refractivity contribution is -0.116. The number of benzene rings is 1. The van der Waals surface area contributed by atoms with Gasteiger partial charge in [-0.25, -0.2) is 0 Å². The van der Waals surface area contributed by atoms with Crippen molar-refractivity contribution >= 4 is 17.5 Å². The van der Waals surface area contributed by atoms with Crippen LogP contribution in [0.1, 0.15) is 50.4 Å². The maximum absolute atomic E-state index is 12.2. The van der Waals surface area contributed by atoms with E-state index in [1.54, 1.807) is 24.3 Å². The number of nitrogens with one attached hydrogen (secondary N) is 2. The number of amides is 2. The van der Waals surface area contributed by atoms with Crippen LogP contribution in [0.2, 0.25) is 0 Å². The molecule has 0 spiro atoms. The molecule has 0 aromatic heterocycles. The lowest BCUT2D eigenvalue weighted by Crippen LogP contribution is -2.33. The molecule has 2 unspecified atom stereocenters. The van der Waals surface area contributed by atoms with Gasteiger partial charge in [0.05, 0.1) is 11.3 Å². The van der Waals surface area contributed by atoms with Crippen molar-refractivity contribution in [2.75, 3.05) is 5.32 Å². The minimum atomic E-state index is -0.181. The Morgan fingerprint density at radius 1 is 1.19 bits per heavy atom. The topological polar surface area (TPSA) is 84.2 Å². The summed E-state index contributed by atoms with van der Waals surface area (Å²) < 4.78 is 0. The van der Waals surface area contributed by atoms with Crippen molar-refractivity contribution in [1.82, 2.24) is 5.32 Å². The minimum absolute atomic E-state index is 0.0924. The van der Waals surface area contributed by atoms with Crippen molar-refractivity contribution in [1.29, 1.82) is 0 Å². The number of hydrogen-bond donors (Lipinski definition) is 3. The lowest BCUT2D eigenvalue weighted by atomic mass is 10.1. The van der Waals surface area contributed by atoms with Crippen LogP contribution in [-0.4, -0.2) is 23.9 Å². The van der Waals surface area contributed by atoms with Gasteiger partial charge in [0.2, 0.25) is 5.91 Å². The Bertz CT molecular complexity index is 488. The Kier molecular flexibility index (Phi) is 6.88. The molecular weight excluding hydrogens is 266 g/mol. The van der Waals surface area contributed by atoms with Gasteiger partial charge < -0.3 is 16.4 Å². The largest absolute Gasteiger partial charge is 0.350 e. The van der Waals surface area contributed by atoms with Gasteiger partial charge in [0.1, 0.15) is 0 Å². The number of rotatable bonds is 7.